The minimum absolute atomic E-state index is 0.207. The van der Waals surface area contributed by atoms with Crippen LogP contribution < -0.4 is 5.32 Å². The summed E-state index contributed by atoms with van der Waals surface area (Å²) in [7, 11) is 0. The molecule has 3 heterocycles. The third-order valence-corrected chi connectivity index (χ3v) is 4.75. The minimum atomic E-state index is -0.207. The van der Waals surface area contributed by atoms with Gasteiger partial charge in [0.1, 0.15) is 11.3 Å². The fourth-order valence-corrected chi connectivity index (χ4v) is 3.45. The van der Waals surface area contributed by atoms with Crippen molar-refractivity contribution in [3.8, 4) is 11.3 Å². The summed E-state index contributed by atoms with van der Waals surface area (Å²) in [6, 6.07) is 13.8. The third-order valence-electron chi connectivity index (χ3n) is 3.99. The Labute approximate surface area is 149 Å². The Balaban J connectivity index is 1.61. The summed E-state index contributed by atoms with van der Waals surface area (Å²) < 4.78 is 1.79. The Morgan fingerprint density at radius 2 is 1.88 bits per heavy atom. The highest BCUT2D eigenvalue weighted by Gasteiger charge is 2.17. The van der Waals surface area contributed by atoms with Gasteiger partial charge in [0.05, 0.1) is 11.4 Å². The molecule has 0 aliphatic heterocycles. The molecule has 0 aliphatic carbocycles. The van der Waals surface area contributed by atoms with Gasteiger partial charge in [0.15, 0.2) is 5.13 Å². The van der Waals surface area contributed by atoms with Gasteiger partial charge < -0.3 is 0 Å². The third kappa shape index (κ3) is 2.92. The van der Waals surface area contributed by atoms with Gasteiger partial charge in [0.2, 0.25) is 0 Å². The van der Waals surface area contributed by atoms with Gasteiger partial charge in [0.25, 0.3) is 5.91 Å². The number of imidazole rings is 1. The lowest BCUT2D eigenvalue weighted by molar-refractivity contribution is 0.102. The fraction of sp³-hybridized carbons (Fsp3) is 0.105. The van der Waals surface area contributed by atoms with Crippen LogP contribution in [0.1, 0.15) is 21.7 Å². The van der Waals surface area contributed by atoms with Gasteiger partial charge in [-0.05, 0) is 26.0 Å². The highest BCUT2D eigenvalue weighted by atomic mass is 32.1. The number of anilines is 1. The summed E-state index contributed by atoms with van der Waals surface area (Å²) in [5, 5.41) is 5.41. The Bertz CT molecular complexity index is 1060. The number of nitrogens with one attached hydrogen (secondary N) is 1. The molecule has 4 aromatic rings. The Morgan fingerprint density at radius 3 is 2.68 bits per heavy atom. The summed E-state index contributed by atoms with van der Waals surface area (Å²) in [6.07, 6.45) is 1.84. The van der Waals surface area contributed by atoms with E-state index >= 15 is 0 Å². The monoisotopic (exact) mass is 348 g/mol. The number of fused-ring (bicyclic) bond motifs is 1. The van der Waals surface area contributed by atoms with Crippen LogP contribution in [0.3, 0.4) is 0 Å². The SMILES string of the molecule is Cc1ccc(-c2csc(NC(=O)c3c(C)nc4ccccn34)n2)cc1. The van der Waals surface area contributed by atoms with Crippen molar-refractivity contribution in [1.82, 2.24) is 14.4 Å². The number of carbonyl (C=O) groups excluding carboxylic acids is 1. The average molecular weight is 348 g/mol. The van der Waals surface area contributed by atoms with E-state index in [-0.39, 0.29) is 5.91 Å². The van der Waals surface area contributed by atoms with E-state index in [2.05, 4.69) is 34.3 Å². The van der Waals surface area contributed by atoms with Crippen molar-refractivity contribution in [2.45, 2.75) is 13.8 Å². The van der Waals surface area contributed by atoms with E-state index in [0.29, 0.717) is 16.5 Å². The van der Waals surface area contributed by atoms with Crippen molar-refractivity contribution in [2.75, 3.05) is 5.32 Å². The summed E-state index contributed by atoms with van der Waals surface area (Å²) in [5.41, 5.74) is 5.07. The number of nitrogens with zero attached hydrogens (tertiary/aromatic N) is 3. The topological polar surface area (TPSA) is 59.3 Å². The second-order valence-corrected chi connectivity index (χ2v) is 6.69. The van der Waals surface area contributed by atoms with Crippen LogP contribution in [0.15, 0.2) is 54.0 Å². The zero-order chi connectivity index (χ0) is 17.4. The molecule has 5 nitrogen and oxygen atoms in total. The van der Waals surface area contributed by atoms with Gasteiger partial charge in [-0.3, -0.25) is 14.5 Å². The van der Waals surface area contributed by atoms with E-state index in [1.807, 2.05) is 48.8 Å². The van der Waals surface area contributed by atoms with Crippen LogP contribution in [-0.4, -0.2) is 20.3 Å². The Hall–Kier alpha value is -2.99. The molecule has 0 unspecified atom stereocenters. The van der Waals surface area contributed by atoms with Gasteiger partial charge in [-0.2, -0.15) is 0 Å². The molecule has 0 saturated heterocycles. The minimum Gasteiger partial charge on any atom is -0.296 e. The molecule has 0 bridgehead atoms. The first kappa shape index (κ1) is 15.5. The van der Waals surface area contributed by atoms with Crippen molar-refractivity contribution in [3.05, 3.63) is 71.0 Å². The molecule has 1 aromatic carbocycles. The average Bonchev–Trinajstić information content (AvgIpc) is 3.18. The van der Waals surface area contributed by atoms with Crippen molar-refractivity contribution >= 4 is 28.0 Å². The first-order valence-corrected chi connectivity index (χ1v) is 8.77. The second-order valence-electron chi connectivity index (χ2n) is 5.83. The lowest BCUT2D eigenvalue weighted by Gasteiger charge is -2.03. The van der Waals surface area contributed by atoms with E-state index < -0.39 is 0 Å². The van der Waals surface area contributed by atoms with Crippen LogP contribution in [0, 0.1) is 13.8 Å². The highest BCUT2D eigenvalue weighted by Crippen LogP contribution is 2.25. The lowest BCUT2D eigenvalue weighted by Crippen LogP contribution is -2.15. The van der Waals surface area contributed by atoms with Crippen molar-refractivity contribution < 1.29 is 4.79 Å². The van der Waals surface area contributed by atoms with Crippen LogP contribution in [0.4, 0.5) is 5.13 Å². The Kier molecular flexibility index (Phi) is 3.82. The maximum absolute atomic E-state index is 12.7. The summed E-state index contributed by atoms with van der Waals surface area (Å²) in [5.74, 6) is -0.207. The van der Waals surface area contributed by atoms with Gasteiger partial charge in [-0.15, -0.1) is 11.3 Å². The largest absolute Gasteiger partial charge is 0.296 e. The molecule has 4 rings (SSSR count). The zero-order valence-corrected chi connectivity index (χ0v) is 14.7. The molecule has 124 valence electrons. The van der Waals surface area contributed by atoms with E-state index in [1.165, 1.54) is 16.9 Å². The molecule has 0 atom stereocenters. The number of hydrogen-bond acceptors (Lipinski definition) is 4. The van der Waals surface area contributed by atoms with E-state index in [9.17, 15) is 4.79 Å². The van der Waals surface area contributed by atoms with E-state index in [0.717, 1.165) is 16.9 Å². The van der Waals surface area contributed by atoms with Crippen LogP contribution in [0.2, 0.25) is 0 Å². The lowest BCUT2D eigenvalue weighted by atomic mass is 10.1. The maximum atomic E-state index is 12.7. The van der Waals surface area contributed by atoms with Gasteiger partial charge in [-0.25, -0.2) is 9.97 Å². The van der Waals surface area contributed by atoms with Gasteiger partial charge >= 0.3 is 0 Å². The molecule has 0 radical (unpaired) electrons. The van der Waals surface area contributed by atoms with Crippen LogP contribution in [0.25, 0.3) is 16.9 Å². The van der Waals surface area contributed by atoms with Crippen LogP contribution in [0.5, 0.6) is 0 Å². The van der Waals surface area contributed by atoms with Gasteiger partial charge in [0, 0.05) is 17.1 Å². The van der Waals surface area contributed by atoms with Gasteiger partial charge in [-0.1, -0.05) is 35.9 Å². The Morgan fingerprint density at radius 1 is 1.08 bits per heavy atom. The van der Waals surface area contributed by atoms with E-state index in [1.54, 1.807) is 4.40 Å². The molecular formula is C19H16N4OS. The molecule has 0 fully saturated rings. The smallest absolute Gasteiger partial charge is 0.276 e. The number of pyridine rings is 1. The first-order chi connectivity index (χ1) is 12.1. The summed E-state index contributed by atoms with van der Waals surface area (Å²) >= 11 is 1.41. The maximum Gasteiger partial charge on any atom is 0.276 e. The van der Waals surface area contributed by atoms with Crippen molar-refractivity contribution in [1.29, 1.82) is 0 Å². The molecule has 0 spiro atoms. The number of hydrogen-bond donors (Lipinski definition) is 1. The number of benzene rings is 1. The summed E-state index contributed by atoms with van der Waals surface area (Å²) in [4.78, 5) is 21.6. The summed E-state index contributed by atoms with van der Waals surface area (Å²) in [6.45, 7) is 3.89. The highest BCUT2D eigenvalue weighted by molar-refractivity contribution is 7.14. The molecule has 25 heavy (non-hydrogen) atoms. The number of amides is 1. The number of carbonyl (C=O) groups is 1. The quantitative estimate of drug-likeness (QED) is 0.599. The molecule has 1 amide bonds. The van der Waals surface area contributed by atoms with Crippen LogP contribution in [-0.2, 0) is 0 Å². The number of thiazole rings is 1. The standard InChI is InChI=1S/C19H16N4OS/c1-12-6-8-14(9-7-12)15-11-25-19(21-15)22-18(24)17-13(2)20-16-5-3-4-10-23(16)17/h3-11H,1-2H3,(H,21,22,24). The second kappa shape index (κ2) is 6.14. The first-order valence-electron chi connectivity index (χ1n) is 7.89. The normalized spacial score (nSPS) is 11.0. The molecule has 0 aliphatic rings. The predicted octanol–water partition coefficient (Wildman–Crippen LogP) is 4.33. The molecule has 0 saturated carbocycles. The number of aryl methyl sites for hydroxylation is 2. The van der Waals surface area contributed by atoms with Crippen LogP contribution >= 0.6 is 11.3 Å². The zero-order valence-electron chi connectivity index (χ0n) is 13.9. The predicted molar refractivity (Wildman–Crippen MR) is 100 cm³/mol. The molecule has 1 N–H and O–H groups in total. The molecule has 3 aromatic heterocycles. The number of aromatic nitrogens is 3. The number of rotatable bonds is 3. The molecule has 6 heteroatoms. The van der Waals surface area contributed by atoms with E-state index in [4.69, 9.17) is 0 Å². The fourth-order valence-electron chi connectivity index (χ4n) is 2.73. The van der Waals surface area contributed by atoms with Crippen molar-refractivity contribution in [2.24, 2.45) is 0 Å². The van der Waals surface area contributed by atoms with Crippen molar-refractivity contribution in [3.63, 3.8) is 0 Å². The molecular weight excluding hydrogens is 332 g/mol.